The van der Waals surface area contributed by atoms with E-state index in [9.17, 15) is 14.4 Å². The van der Waals surface area contributed by atoms with E-state index in [2.05, 4.69) is 4.74 Å². The zero-order chi connectivity index (χ0) is 8.15. The van der Waals surface area contributed by atoms with Crippen LogP contribution in [0.1, 0.15) is 13.3 Å². The highest BCUT2D eigenvalue weighted by Gasteiger charge is 2.12. The summed E-state index contributed by atoms with van der Waals surface area (Å²) in [6.45, 7) is 1.12. The fourth-order valence-corrected chi connectivity index (χ4v) is 0.328. The second-order valence-electron chi connectivity index (χ2n) is 1.73. The summed E-state index contributed by atoms with van der Waals surface area (Å²) in [6.07, 6.45) is -0.453. The van der Waals surface area contributed by atoms with E-state index in [0.29, 0.717) is 0 Å². The topological polar surface area (TPSA) is 60.4 Å². The third-order valence-corrected chi connectivity index (χ3v) is 0.925. The van der Waals surface area contributed by atoms with E-state index in [0.717, 1.165) is 14.0 Å². The second-order valence-corrected chi connectivity index (χ2v) is 1.73. The van der Waals surface area contributed by atoms with Gasteiger partial charge in [0.15, 0.2) is 5.78 Å². The molecule has 0 rings (SSSR count). The highest BCUT2D eigenvalue weighted by Crippen LogP contribution is 1.87. The molecule has 0 aromatic rings. The molecule has 10 heavy (non-hydrogen) atoms. The molecule has 0 aliphatic rings. The van der Waals surface area contributed by atoms with Crippen molar-refractivity contribution in [3.8, 4) is 0 Å². The lowest BCUT2D eigenvalue weighted by Crippen LogP contribution is -2.15. The van der Waals surface area contributed by atoms with Crippen molar-refractivity contribution in [3.05, 3.63) is 0 Å². The SMILES string of the molecule is COC(=O)CC(=O)C(C)=O. The molecule has 0 amide bonds. The normalized spacial score (nSPS) is 8.60. The number of ketones is 2. The molecule has 0 atom stereocenters. The van der Waals surface area contributed by atoms with Crippen molar-refractivity contribution in [1.82, 2.24) is 0 Å². The van der Waals surface area contributed by atoms with Gasteiger partial charge >= 0.3 is 5.97 Å². The standard InChI is InChI=1S/C6H8O4/c1-4(7)5(8)3-6(9)10-2/h3H2,1-2H3. The molecule has 0 heterocycles. The average Bonchev–Trinajstić information content (AvgIpc) is 1.87. The Labute approximate surface area is 58.2 Å². The van der Waals surface area contributed by atoms with Gasteiger partial charge in [-0.1, -0.05) is 0 Å². The summed E-state index contributed by atoms with van der Waals surface area (Å²) in [5.41, 5.74) is 0. The Bertz CT molecular complexity index is 171. The summed E-state index contributed by atoms with van der Waals surface area (Å²) in [5.74, 6) is -2.02. The number of hydrogen-bond acceptors (Lipinski definition) is 4. The first-order valence-electron chi connectivity index (χ1n) is 2.68. The quantitative estimate of drug-likeness (QED) is 0.310. The first-order valence-corrected chi connectivity index (χ1v) is 2.68. The van der Waals surface area contributed by atoms with Gasteiger partial charge in [0.2, 0.25) is 5.78 Å². The zero-order valence-corrected chi connectivity index (χ0v) is 5.84. The van der Waals surface area contributed by atoms with Crippen LogP contribution in [0.5, 0.6) is 0 Å². The van der Waals surface area contributed by atoms with Crippen LogP contribution in [0.2, 0.25) is 0 Å². The van der Waals surface area contributed by atoms with Gasteiger partial charge in [0.25, 0.3) is 0 Å². The van der Waals surface area contributed by atoms with Gasteiger partial charge in [-0.15, -0.1) is 0 Å². The minimum atomic E-state index is -0.716. The van der Waals surface area contributed by atoms with E-state index >= 15 is 0 Å². The number of methoxy groups -OCH3 is 1. The van der Waals surface area contributed by atoms with Crippen LogP contribution in [0.25, 0.3) is 0 Å². The molecule has 0 aromatic carbocycles. The van der Waals surface area contributed by atoms with Crippen molar-refractivity contribution in [2.24, 2.45) is 0 Å². The predicted molar refractivity (Wildman–Crippen MR) is 32.3 cm³/mol. The van der Waals surface area contributed by atoms with Crippen molar-refractivity contribution < 1.29 is 19.1 Å². The van der Waals surface area contributed by atoms with E-state index in [1.807, 2.05) is 0 Å². The fraction of sp³-hybridized carbons (Fsp3) is 0.500. The summed E-state index contributed by atoms with van der Waals surface area (Å²) < 4.78 is 4.16. The van der Waals surface area contributed by atoms with Gasteiger partial charge < -0.3 is 4.74 Å². The summed E-state index contributed by atoms with van der Waals surface area (Å²) in [6, 6.07) is 0. The van der Waals surface area contributed by atoms with Gasteiger partial charge in [0.05, 0.1) is 7.11 Å². The molecule has 0 aliphatic carbocycles. The summed E-state index contributed by atoms with van der Waals surface area (Å²) in [7, 11) is 1.16. The predicted octanol–water partition coefficient (Wildman–Crippen LogP) is -0.292. The molecular weight excluding hydrogens is 136 g/mol. The van der Waals surface area contributed by atoms with Gasteiger partial charge in [0, 0.05) is 6.92 Å². The molecule has 0 fully saturated rings. The summed E-state index contributed by atoms with van der Waals surface area (Å²) >= 11 is 0. The Kier molecular flexibility index (Phi) is 3.32. The van der Waals surface area contributed by atoms with E-state index in [-0.39, 0.29) is 0 Å². The van der Waals surface area contributed by atoms with E-state index in [1.165, 1.54) is 0 Å². The maximum Gasteiger partial charge on any atom is 0.313 e. The maximum absolute atomic E-state index is 10.5. The summed E-state index contributed by atoms with van der Waals surface area (Å²) in [4.78, 5) is 31.0. The van der Waals surface area contributed by atoms with Crippen LogP contribution in [0.3, 0.4) is 0 Å². The van der Waals surface area contributed by atoms with Crippen LogP contribution < -0.4 is 0 Å². The number of carbonyl (C=O) groups excluding carboxylic acids is 3. The van der Waals surface area contributed by atoms with Crippen LogP contribution in [-0.4, -0.2) is 24.6 Å². The first kappa shape index (κ1) is 8.81. The monoisotopic (exact) mass is 144 g/mol. The van der Waals surface area contributed by atoms with Crippen LogP contribution in [0, 0.1) is 0 Å². The number of ether oxygens (including phenoxy) is 1. The number of esters is 1. The molecule has 56 valence electrons. The Hall–Kier alpha value is -1.19. The third-order valence-electron chi connectivity index (χ3n) is 0.925. The fourth-order valence-electron chi connectivity index (χ4n) is 0.328. The highest BCUT2D eigenvalue weighted by atomic mass is 16.5. The zero-order valence-electron chi connectivity index (χ0n) is 5.84. The van der Waals surface area contributed by atoms with Crippen molar-refractivity contribution in [2.75, 3.05) is 7.11 Å². The molecule has 0 N–H and O–H groups in total. The van der Waals surface area contributed by atoms with Crippen molar-refractivity contribution in [2.45, 2.75) is 13.3 Å². The Morgan fingerprint density at radius 2 is 1.80 bits per heavy atom. The number of hydrogen-bond donors (Lipinski definition) is 0. The number of rotatable bonds is 3. The molecule has 0 bridgehead atoms. The maximum atomic E-state index is 10.5. The molecular formula is C6H8O4. The molecule has 0 aliphatic heterocycles. The van der Waals surface area contributed by atoms with Gasteiger partial charge in [-0.3, -0.25) is 14.4 Å². The summed E-state index contributed by atoms with van der Waals surface area (Å²) in [5, 5.41) is 0. The molecule has 0 unspecified atom stereocenters. The third kappa shape index (κ3) is 2.96. The van der Waals surface area contributed by atoms with Crippen molar-refractivity contribution in [3.63, 3.8) is 0 Å². The van der Waals surface area contributed by atoms with Crippen molar-refractivity contribution in [1.29, 1.82) is 0 Å². The van der Waals surface area contributed by atoms with Crippen molar-refractivity contribution >= 4 is 17.5 Å². The smallest absolute Gasteiger partial charge is 0.313 e. The minimum Gasteiger partial charge on any atom is -0.469 e. The van der Waals surface area contributed by atoms with Gasteiger partial charge in [-0.05, 0) is 0 Å². The van der Waals surface area contributed by atoms with Crippen LogP contribution in [0.15, 0.2) is 0 Å². The Balaban J connectivity index is 3.80. The van der Waals surface area contributed by atoms with E-state index < -0.39 is 24.0 Å². The van der Waals surface area contributed by atoms with Crippen LogP contribution >= 0.6 is 0 Å². The Morgan fingerprint density at radius 3 is 2.10 bits per heavy atom. The van der Waals surface area contributed by atoms with E-state index in [4.69, 9.17) is 0 Å². The first-order chi connectivity index (χ1) is 4.57. The van der Waals surface area contributed by atoms with E-state index in [1.54, 1.807) is 0 Å². The molecule has 0 spiro atoms. The molecule has 0 saturated carbocycles. The molecule has 0 saturated heterocycles. The lowest BCUT2D eigenvalue weighted by Gasteiger charge is -1.93. The largest absolute Gasteiger partial charge is 0.469 e. The number of carbonyl (C=O) groups is 3. The lowest BCUT2D eigenvalue weighted by atomic mass is 10.2. The highest BCUT2D eigenvalue weighted by molar-refractivity contribution is 6.39. The minimum absolute atomic E-state index is 0.453. The average molecular weight is 144 g/mol. The Morgan fingerprint density at radius 1 is 1.30 bits per heavy atom. The van der Waals surface area contributed by atoms with Gasteiger partial charge in [0.1, 0.15) is 6.42 Å². The molecule has 0 radical (unpaired) electrons. The molecule has 4 nitrogen and oxygen atoms in total. The second kappa shape index (κ2) is 3.76. The number of Topliss-reactive ketones (excluding diaryl/α,β-unsaturated/α-hetero) is 2. The van der Waals surface area contributed by atoms with Gasteiger partial charge in [-0.25, -0.2) is 0 Å². The van der Waals surface area contributed by atoms with Crippen LogP contribution in [0.4, 0.5) is 0 Å². The van der Waals surface area contributed by atoms with Gasteiger partial charge in [-0.2, -0.15) is 0 Å². The lowest BCUT2D eigenvalue weighted by molar-refractivity contribution is -0.146. The van der Waals surface area contributed by atoms with Crippen LogP contribution in [-0.2, 0) is 19.1 Å². The molecule has 4 heteroatoms. The molecule has 0 aromatic heterocycles.